The minimum absolute atomic E-state index is 0.0161. The summed E-state index contributed by atoms with van der Waals surface area (Å²) in [5.41, 5.74) is 0.218. The Labute approximate surface area is 171 Å². The maximum absolute atomic E-state index is 12.8. The molecule has 2 rings (SSSR count). The van der Waals surface area contributed by atoms with E-state index in [-0.39, 0.29) is 37.2 Å². The highest BCUT2D eigenvalue weighted by Crippen LogP contribution is 2.30. The van der Waals surface area contributed by atoms with Crippen molar-refractivity contribution in [1.29, 1.82) is 0 Å². The smallest absolute Gasteiger partial charge is 0.245 e. The number of anilines is 1. The molecule has 2 aromatic carbocycles. The van der Waals surface area contributed by atoms with Crippen molar-refractivity contribution in [3.8, 4) is 0 Å². The molecule has 140 valence electrons. The molecule has 0 bridgehead atoms. The zero-order valence-electron chi connectivity index (χ0n) is 13.5. The summed E-state index contributed by atoms with van der Waals surface area (Å²) in [6.45, 7) is 1.21. The molecule has 1 amide bonds. The molecule has 0 heterocycles. The van der Waals surface area contributed by atoms with Gasteiger partial charge in [0.15, 0.2) is 0 Å². The number of benzene rings is 2. The highest BCUT2D eigenvalue weighted by atomic mass is 35.5. The van der Waals surface area contributed by atoms with Crippen molar-refractivity contribution in [1.82, 2.24) is 4.31 Å². The second-order valence-electron chi connectivity index (χ2n) is 5.15. The SMILES string of the molecule is CCN(CC(=O)Nc1c(Cl)cccc1Cl)S(=O)(=O)c1cc(Cl)ccc1Cl. The Morgan fingerprint density at radius 3 is 2.23 bits per heavy atom. The Bertz CT molecular complexity index is 915. The van der Waals surface area contributed by atoms with Crippen LogP contribution in [-0.4, -0.2) is 31.7 Å². The van der Waals surface area contributed by atoms with Crippen LogP contribution in [0.5, 0.6) is 0 Å². The molecule has 0 unspecified atom stereocenters. The average Bonchev–Trinajstić information content (AvgIpc) is 2.58. The highest BCUT2D eigenvalue weighted by molar-refractivity contribution is 7.89. The largest absolute Gasteiger partial charge is 0.322 e. The van der Waals surface area contributed by atoms with E-state index in [4.69, 9.17) is 46.4 Å². The first-order valence-electron chi connectivity index (χ1n) is 7.36. The summed E-state index contributed by atoms with van der Waals surface area (Å²) in [7, 11) is -4.02. The number of carbonyl (C=O) groups excluding carboxylic acids is 1. The van der Waals surface area contributed by atoms with Crippen LogP contribution in [0.4, 0.5) is 5.69 Å². The molecular weight excluding hydrogens is 442 g/mol. The van der Waals surface area contributed by atoms with Gasteiger partial charge in [-0.15, -0.1) is 0 Å². The number of rotatable bonds is 6. The topological polar surface area (TPSA) is 66.5 Å². The second-order valence-corrected chi connectivity index (χ2v) is 8.72. The van der Waals surface area contributed by atoms with Gasteiger partial charge in [-0.05, 0) is 30.3 Å². The molecule has 1 N–H and O–H groups in total. The molecule has 0 aliphatic rings. The lowest BCUT2D eigenvalue weighted by Crippen LogP contribution is -2.38. The van der Waals surface area contributed by atoms with Crippen LogP contribution in [0.3, 0.4) is 0 Å². The minimum Gasteiger partial charge on any atom is -0.322 e. The molecule has 0 aliphatic heterocycles. The third-order valence-electron chi connectivity index (χ3n) is 3.41. The lowest BCUT2D eigenvalue weighted by atomic mass is 10.3. The number of nitrogens with zero attached hydrogens (tertiary/aromatic N) is 1. The van der Waals surface area contributed by atoms with Gasteiger partial charge in [0.05, 0.1) is 27.3 Å². The molecule has 0 spiro atoms. The number of hydrogen-bond donors (Lipinski definition) is 1. The molecule has 0 fully saturated rings. The standard InChI is InChI=1S/C16H14Cl4N2O3S/c1-2-22(26(24,25)14-8-10(17)6-7-11(14)18)9-15(23)21-16-12(19)4-3-5-13(16)20/h3-8H,2,9H2,1H3,(H,21,23). The first kappa shape index (κ1) is 21.3. The van der Waals surface area contributed by atoms with Crippen LogP contribution in [0, 0.1) is 0 Å². The molecule has 0 atom stereocenters. The first-order valence-corrected chi connectivity index (χ1v) is 10.3. The van der Waals surface area contributed by atoms with Crippen molar-refractivity contribution in [2.45, 2.75) is 11.8 Å². The van der Waals surface area contributed by atoms with E-state index in [2.05, 4.69) is 5.32 Å². The Morgan fingerprint density at radius 2 is 1.65 bits per heavy atom. The van der Waals surface area contributed by atoms with E-state index in [1.54, 1.807) is 25.1 Å². The fourth-order valence-corrected chi connectivity index (χ4v) is 4.77. The van der Waals surface area contributed by atoms with Crippen LogP contribution in [0.15, 0.2) is 41.3 Å². The summed E-state index contributed by atoms with van der Waals surface area (Å²) in [5, 5.41) is 3.25. The normalized spacial score (nSPS) is 11.6. The van der Waals surface area contributed by atoms with Crippen molar-refractivity contribution in [3.05, 3.63) is 56.5 Å². The summed E-state index contributed by atoms with van der Waals surface area (Å²) < 4.78 is 26.6. The predicted octanol–water partition coefficient (Wildman–Crippen LogP) is 4.95. The molecular formula is C16H14Cl4N2O3S. The monoisotopic (exact) mass is 454 g/mol. The van der Waals surface area contributed by atoms with E-state index in [1.165, 1.54) is 18.2 Å². The van der Waals surface area contributed by atoms with Gasteiger partial charge in [-0.1, -0.05) is 59.4 Å². The second kappa shape index (κ2) is 8.78. The maximum atomic E-state index is 12.8. The van der Waals surface area contributed by atoms with E-state index >= 15 is 0 Å². The third-order valence-corrected chi connectivity index (χ3v) is 6.68. The number of likely N-dealkylation sites (N-methyl/N-ethyl adjacent to an activating group) is 1. The van der Waals surface area contributed by atoms with Crippen molar-refractivity contribution >= 4 is 68.0 Å². The van der Waals surface area contributed by atoms with Crippen molar-refractivity contribution in [2.75, 3.05) is 18.4 Å². The maximum Gasteiger partial charge on any atom is 0.245 e. The minimum atomic E-state index is -4.02. The number of amides is 1. The number of nitrogens with one attached hydrogen (secondary N) is 1. The van der Waals surface area contributed by atoms with Gasteiger partial charge in [0, 0.05) is 11.6 Å². The molecule has 0 radical (unpaired) electrons. The lowest BCUT2D eigenvalue weighted by Gasteiger charge is -2.21. The average molecular weight is 456 g/mol. The van der Waals surface area contributed by atoms with Gasteiger partial charge in [0.1, 0.15) is 4.90 Å². The Hall–Kier alpha value is -1.02. The molecule has 0 aliphatic carbocycles. The summed E-state index contributed by atoms with van der Waals surface area (Å²) in [4.78, 5) is 12.2. The van der Waals surface area contributed by atoms with Crippen LogP contribution in [-0.2, 0) is 14.8 Å². The van der Waals surface area contributed by atoms with Gasteiger partial charge >= 0.3 is 0 Å². The Balaban J connectivity index is 2.25. The summed E-state index contributed by atoms with van der Waals surface area (Å²) in [5.74, 6) is -0.594. The van der Waals surface area contributed by atoms with E-state index in [0.717, 1.165) is 4.31 Å². The zero-order valence-corrected chi connectivity index (χ0v) is 17.3. The van der Waals surface area contributed by atoms with E-state index < -0.39 is 22.5 Å². The van der Waals surface area contributed by atoms with Gasteiger partial charge in [0.2, 0.25) is 15.9 Å². The van der Waals surface area contributed by atoms with Crippen LogP contribution >= 0.6 is 46.4 Å². The molecule has 5 nitrogen and oxygen atoms in total. The Morgan fingerprint density at radius 1 is 1.04 bits per heavy atom. The van der Waals surface area contributed by atoms with Gasteiger partial charge < -0.3 is 5.32 Å². The molecule has 0 saturated heterocycles. The lowest BCUT2D eigenvalue weighted by molar-refractivity contribution is -0.116. The van der Waals surface area contributed by atoms with Crippen molar-refractivity contribution < 1.29 is 13.2 Å². The quantitative estimate of drug-likeness (QED) is 0.669. The van der Waals surface area contributed by atoms with Crippen LogP contribution in [0.1, 0.15) is 6.92 Å². The van der Waals surface area contributed by atoms with Gasteiger partial charge in [-0.3, -0.25) is 4.79 Å². The number of sulfonamides is 1. The fraction of sp³-hybridized carbons (Fsp3) is 0.188. The summed E-state index contributed by atoms with van der Waals surface area (Å²) in [6, 6.07) is 8.85. The number of halogens is 4. The summed E-state index contributed by atoms with van der Waals surface area (Å²) in [6.07, 6.45) is 0. The zero-order chi connectivity index (χ0) is 19.5. The molecule has 2 aromatic rings. The molecule has 0 aromatic heterocycles. The first-order chi connectivity index (χ1) is 12.2. The van der Waals surface area contributed by atoms with Gasteiger partial charge in [-0.25, -0.2) is 8.42 Å². The van der Waals surface area contributed by atoms with E-state index in [0.29, 0.717) is 0 Å². The number of para-hydroxylation sites is 1. The van der Waals surface area contributed by atoms with E-state index in [1.807, 2.05) is 0 Å². The van der Waals surface area contributed by atoms with Gasteiger partial charge in [0.25, 0.3) is 0 Å². The van der Waals surface area contributed by atoms with Crippen molar-refractivity contribution in [2.24, 2.45) is 0 Å². The fourth-order valence-electron chi connectivity index (χ4n) is 2.14. The van der Waals surface area contributed by atoms with Crippen LogP contribution in [0.2, 0.25) is 20.1 Å². The predicted molar refractivity (Wildman–Crippen MR) is 106 cm³/mol. The number of carbonyl (C=O) groups is 1. The Kier molecular flexibility index (Phi) is 7.19. The molecule has 10 heteroatoms. The van der Waals surface area contributed by atoms with Gasteiger partial charge in [-0.2, -0.15) is 4.31 Å². The molecule has 26 heavy (non-hydrogen) atoms. The molecule has 0 saturated carbocycles. The highest BCUT2D eigenvalue weighted by Gasteiger charge is 2.28. The van der Waals surface area contributed by atoms with E-state index in [9.17, 15) is 13.2 Å². The summed E-state index contributed by atoms with van der Waals surface area (Å²) >= 11 is 23.9. The third kappa shape index (κ3) is 4.82. The van der Waals surface area contributed by atoms with Crippen molar-refractivity contribution in [3.63, 3.8) is 0 Å². The number of hydrogen-bond acceptors (Lipinski definition) is 3. The van der Waals surface area contributed by atoms with Crippen LogP contribution in [0.25, 0.3) is 0 Å². The van der Waals surface area contributed by atoms with Crippen LogP contribution < -0.4 is 5.32 Å².